The first-order chi connectivity index (χ1) is 17.3. The number of aryl methyl sites for hydroxylation is 1. The summed E-state index contributed by atoms with van der Waals surface area (Å²) in [6.07, 6.45) is 4.57. The lowest BCUT2D eigenvalue weighted by atomic mass is 9.81. The minimum absolute atomic E-state index is 0.00622. The number of imidazole rings is 1. The molecule has 0 aliphatic heterocycles. The first-order valence-corrected chi connectivity index (χ1v) is 13.9. The van der Waals surface area contributed by atoms with Crippen LogP contribution in [0.5, 0.6) is 0 Å². The Morgan fingerprint density at radius 2 is 1.38 bits per heavy atom. The van der Waals surface area contributed by atoms with Gasteiger partial charge < -0.3 is 0 Å². The Kier molecular flexibility index (Phi) is 6.01. The summed E-state index contributed by atoms with van der Waals surface area (Å²) in [5, 5.41) is 0. The lowest BCUT2D eigenvalue weighted by Crippen LogP contribution is -2.50. The fourth-order valence-electron chi connectivity index (χ4n) is 6.26. The van der Waals surface area contributed by atoms with Gasteiger partial charge in [0.05, 0.1) is 5.56 Å². The fraction of sp³-hybridized carbons (Fsp3) is 0.400. The monoisotopic (exact) mass is 491 g/mol. The van der Waals surface area contributed by atoms with Crippen LogP contribution in [0.25, 0.3) is 28.2 Å². The van der Waals surface area contributed by atoms with Crippen molar-refractivity contribution < 1.29 is 4.57 Å². The highest BCUT2D eigenvalue weighted by molar-refractivity contribution is 5.84. The van der Waals surface area contributed by atoms with Crippen LogP contribution in [-0.4, -0.2) is 4.57 Å². The van der Waals surface area contributed by atoms with Gasteiger partial charge in [-0.1, -0.05) is 90.1 Å². The topological polar surface area (TPSA) is 8.81 Å². The van der Waals surface area contributed by atoms with Gasteiger partial charge in [0.15, 0.2) is 0 Å². The first-order valence-electron chi connectivity index (χ1n) is 13.9. The van der Waals surface area contributed by atoms with Crippen molar-refractivity contribution in [2.75, 3.05) is 0 Å². The van der Waals surface area contributed by atoms with Crippen LogP contribution in [0, 0.1) is 6.92 Å². The van der Waals surface area contributed by atoms with Crippen LogP contribution >= 0.6 is 0 Å². The van der Waals surface area contributed by atoms with Gasteiger partial charge in [-0.05, 0) is 73.4 Å². The number of nitrogens with zero attached hydrogens (tertiary/aromatic N) is 2. The van der Waals surface area contributed by atoms with Crippen molar-refractivity contribution in [1.82, 2.24) is 4.57 Å². The van der Waals surface area contributed by atoms with Crippen LogP contribution in [0.4, 0.5) is 0 Å². The maximum atomic E-state index is 2.48. The molecular weight excluding hydrogens is 448 g/mol. The molecule has 0 bridgehead atoms. The quantitative estimate of drug-likeness (QED) is 0.252. The minimum atomic E-state index is -0.0615. The molecule has 0 N–H and O–H groups in total. The number of fused-ring (bicyclic) bond motifs is 3. The lowest BCUT2D eigenvalue weighted by Gasteiger charge is -2.23. The molecule has 0 amide bonds. The van der Waals surface area contributed by atoms with E-state index in [0.717, 1.165) is 0 Å². The van der Waals surface area contributed by atoms with Gasteiger partial charge in [-0.25, -0.2) is 4.57 Å². The predicted molar refractivity (Wildman–Crippen MR) is 157 cm³/mol. The van der Waals surface area contributed by atoms with E-state index in [0.29, 0.717) is 11.8 Å². The summed E-state index contributed by atoms with van der Waals surface area (Å²) in [4.78, 5) is 0. The zero-order valence-electron chi connectivity index (χ0n) is 24.4. The van der Waals surface area contributed by atoms with Crippen LogP contribution in [0.1, 0.15) is 102 Å². The molecule has 2 heteroatoms. The minimum Gasteiger partial charge on any atom is -0.225 e. The third-order valence-corrected chi connectivity index (χ3v) is 8.30. The molecule has 0 fully saturated rings. The number of hydrogen-bond donors (Lipinski definition) is 0. The Hall–Kier alpha value is -3.13. The molecule has 0 saturated carbocycles. The maximum Gasteiger partial charge on any atom is 0.294 e. The van der Waals surface area contributed by atoms with Crippen molar-refractivity contribution in [2.45, 2.75) is 92.0 Å². The van der Waals surface area contributed by atoms with Gasteiger partial charge in [0.2, 0.25) is 0 Å². The predicted octanol–water partition coefficient (Wildman–Crippen LogP) is 9.05. The maximum absolute atomic E-state index is 2.48. The van der Waals surface area contributed by atoms with Gasteiger partial charge in [0, 0.05) is 16.5 Å². The third kappa shape index (κ3) is 3.97. The Morgan fingerprint density at radius 3 is 1.97 bits per heavy atom. The van der Waals surface area contributed by atoms with Crippen molar-refractivity contribution in [3.8, 4) is 28.2 Å². The van der Waals surface area contributed by atoms with Crippen LogP contribution in [0.15, 0.2) is 67.0 Å². The average molecular weight is 492 g/mol. The molecule has 0 radical (unpaired) electrons. The highest BCUT2D eigenvalue weighted by Crippen LogP contribution is 2.50. The number of rotatable bonds is 4. The van der Waals surface area contributed by atoms with Gasteiger partial charge in [-0.15, -0.1) is 0 Å². The number of para-hydroxylation sites is 1. The lowest BCUT2D eigenvalue weighted by molar-refractivity contribution is -0.743. The normalized spacial score (nSPS) is 14.4. The molecule has 5 rings (SSSR count). The first kappa shape index (κ1) is 25.5. The molecule has 0 spiro atoms. The summed E-state index contributed by atoms with van der Waals surface area (Å²) in [6, 6.07) is 20.7. The highest BCUT2D eigenvalue weighted by Gasteiger charge is 2.38. The van der Waals surface area contributed by atoms with Gasteiger partial charge in [-0.3, -0.25) is 0 Å². The summed E-state index contributed by atoms with van der Waals surface area (Å²) >= 11 is 0. The molecule has 37 heavy (non-hydrogen) atoms. The molecule has 0 atom stereocenters. The van der Waals surface area contributed by atoms with E-state index in [1.54, 1.807) is 0 Å². The van der Waals surface area contributed by atoms with E-state index in [-0.39, 0.29) is 11.0 Å². The summed E-state index contributed by atoms with van der Waals surface area (Å²) in [7, 11) is 0. The molecular formula is C35H43N2+. The molecule has 0 saturated heterocycles. The second-order valence-corrected chi connectivity index (χ2v) is 13.0. The summed E-state index contributed by atoms with van der Waals surface area (Å²) in [6.45, 7) is 23.2. The molecule has 3 aromatic carbocycles. The Balaban J connectivity index is 1.87. The van der Waals surface area contributed by atoms with Crippen LogP contribution in [0.2, 0.25) is 0 Å². The van der Waals surface area contributed by atoms with Gasteiger partial charge >= 0.3 is 0 Å². The summed E-state index contributed by atoms with van der Waals surface area (Å²) in [5.41, 5.74) is 12.3. The van der Waals surface area contributed by atoms with E-state index in [1.165, 1.54) is 56.0 Å². The Labute approximate surface area is 224 Å². The van der Waals surface area contributed by atoms with E-state index in [1.807, 2.05) is 0 Å². The fourth-order valence-corrected chi connectivity index (χ4v) is 6.26. The summed E-state index contributed by atoms with van der Waals surface area (Å²) in [5.74, 6) is 2.12. The molecule has 2 nitrogen and oxygen atoms in total. The van der Waals surface area contributed by atoms with E-state index < -0.39 is 0 Å². The van der Waals surface area contributed by atoms with Crippen molar-refractivity contribution in [1.29, 1.82) is 0 Å². The second kappa shape index (κ2) is 8.72. The van der Waals surface area contributed by atoms with Gasteiger partial charge in [-0.2, -0.15) is 4.57 Å². The van der Waals surface area contributed by atoms with E-state index >= 15 is 0 Å². The zero-order chi connectivity index (χ0) is 26.9. The summed E-state index contributed by atoms with van der Waals surface area (Å²) < 4.78 is 4.95. The Bertz CT molecular complexity index is 1460. The van der Waals surface area contributed by atoms with Crippen LogP contribution < -0.4 is 4.57 Å². The second-order valence-electron chi connectivity index (χ2n) is 13.0. The highest BCUT2D eigenvalue weighted by atomic mass is 15.2. The van der Waals surface area contributed by atoms with Gasteiger partial charge in [0.25, 0.3) is 5.82 Å². The Morgan fingerprint density at radius 1 is 0.757 bits per heavy atom. The van der Waals surface area contributed by atoms with Crippen LogP contribution in [0.3, 0.4) is 0 Å². The SMILES string of the molecule is Cc1cc2c(cc1-c1n(-c3c(C(C)C)cccc3C(C)C)cc[n+]1C(C)(C)C)-c1ccccc1C2(C)C. The van der Waals surface area contributed by atoms with E-state index in [4.69, 9.17) is 0 Å². The smallest absolute Gasteiger partial charge is 0.225 e. The van der Waals surface area contributed by atoms with E-state index in [2.05, 4.69) is 145 Å². The molecule has 1 heterocycles. The van der Waals surface area contributed by atoms with E-state index in [9.17, 15) is 0 Å². The third-order valence-electron chi connectivity index (χ3n) is 8.30. The molecule has 1 aromatic heterocycles. The zero-order valence-corrected chi connectivity index (χ0v) is 24.4. The van der Waals surface area contributed by atoms with Crippen molar-refractivity contribution in [2.24, 2.45) is 0 Å². The molecule has 192 valence electrons. The number of benzene rings is 3. The molecule has 1 aliphatic carbocycles. The largest absolute Gasteiger partial charge is 0.294 e. The molecule has 4 aromatic rings. The standard InChI is InChI=1S/C35H43N2/c1-22(2)25-15-13-16-26(23(3)4)32(25)36-18-19-37(34(6,7)8)33(36)28-21-29-27-14-11-12-17-30(27)35(9,10)31(29)20-24(28)5/h11-23H,1-10H3/q+1. The van der Waals surface area contributed by atoms with Gasteiger partial charge in [0.1, 0.15) is 23.6 Å². The van der Waals surface area contributed by atoms with Crippen molar-refractivity contribution >= 4 is 0 Å². The number of hydrogen-bond acceptors (Lipinski definition) is 0. The van der Waals surface area contributed by atoms with Crippen LogP contribution in [-0.2, 0) is 11.0 Å². The molecule has 0 unspecified atom stereocenters. The van der Waals surface area contributed by atoms with Crippen molar-refractivity contribution in [3.05, 3.63) is 94.8 Å². The number of aromatic nitrogens is 2. The van der Waals surface area contributed by atoms with Crippen molar-refractivity contribution in [3.63, 3.8) is 0 Å². The molecule has 1 aliphatic rings. The average Bonchev–Trinajstić information content (AvgIpc) is 3.36.